The van der Waals surface area contributed by atoms with Gasteiger partial charge < -0.3 is 4.74 Å². The molecule has 0 bridgehead atoms. The van der Waals surface area contributed by atoms with Crippen LogP contribution in [-0.4, -0.2) is 18.2 Å². The topological polar surface area (TPSA) is 43.4 Å². The van der Waals surface area contributed by atoms with Gasteiger partial charge in [0.05, 0.1) is 6.61 Å². The molecule has 0 N–H and O–H groups in total. The van der Waals surface area contributed by atoms with Crippen LogP contribution in [0, 0.1) is 0 Å². The normalized spacial score (nSPS) is 12.8. The van der Waals surface area contributed by atoms with Crippen molar-refractivity contribution in [3.63, 3.8) is 0 Å². The van der Waals surface area contributed by atoms with Crippen molar-refractivity contribution in [3.05, 3.63) is 59.9 Å². The minimum absolute atomic E-state index is 0.258. The highest BCUT2D eigenvalue weighted by Crippen LogP contribution is 2.22. The van der Waals surface area contributed by atoms with Crippen LogP contribution in [0.15, 0.2) is 59.9 Å². The van der Waals surface area contributed by atoms with Crippen LogP contribution in [0.1, 0.15) is 47.0 Å². The lowest BCUT2D eigenvalue weighted by Crippen LogP contribution is -2.15. The third-order valence-corrected chi connectivity index (χ3v) is 3.31. The molecule has 0 aromatic heterocycles. The van der Waals surface area contributed by atoms with Gasteiger partial charge in [0.15, 0.2) is 5.78 Å². The van der Waals surface area contributed by atoms with Crippen molar-refractivity contribution in [2.75, 3.05) is 6.61 Å². The molecule has 0 rings (SSSR count). The van der Waals surface area contributed by atoms with Crippen LogP contribution in [0.25, 0.3) is 0 Å². The molecule has 0 aliphatic carbocycles. The lowest BCUT2D eigenvalue weighted by Gasteiger charge is -2.14. The second-order valence-corrected chi connectivity index (χ2v) is 5.27. The summed E-state index contributed by atoms with van der Waals surface area (Å²) in [5.74, 6) is -0.707. The van der Waals surface area contributed by atoms with Gasteiger partial charge in [0.25, 0.3) is 0 Å². The molecule has 0 fully saturated rings. The molecule has 23 heavy (non-hydrogen) atoms. The quantitative estimate of drug-likeness (QED) is 0.179. The maximum atomic E-state index is 12.2. The van der Waals surface area contributed by atoms with Gasteiger partial charge in [0, 0.05) is 18.1 Å². The summed E-state index contributed by atoms with van der Waals surface area (Å²) in [4.78, 5) is 23.7. The molecule has 0 amide bonds. The van der Waals surface area contributed by atoms with E-state index in [4.69, 9.17) is 4.74 Å². The van der Waals surface area contributed by atoms with Crippen molar-refractivity contribution in [1.82, 2.24) is 0 Å². The Morgan fingerprint density at radius 3 is 2.17 bits per heavy atom. The molecule has 0 aromatic carbocycles. The lowest BCUT2D eigenvalue weighted by atomic mass is 9.96. The largest absolute Gasteiger partial charge is 0.494 e. The fourth-order valence-corrected chi connectivity index (χ4v) is 1.69. The van der Waals surface area contributed by atoms with Gasteiger partial charge in [-0.05, 0) is 19.8 Å². The average molecular weight is 316 g/mol. The summed E-state index contributed by atoms with van der Waals surface area (Å²) in [6.07, 6.45) is 9.50. The number of carbonyl (C=O) groups is 2. The maximum absolute atomic E-state index is 12.2. The van der Waals surface area contributed by atoms with Crippen molar-refractivity contribution in [1.29, 1.82) is 0 Å². The van der Waals surface area contributed by atoms with Gasteiger partial charge in [-0.25, -0.2) is 0 Å². The van der Waals surface area contributed by atoms with E-state index >= 15 is 0 Å². The second kappa shape index (κ2) is 11.4. The maximum Gasteiger partial charge on any atom is 0.229 e. The third kappa shape index (κ3) is 7.59. The van der Waals surface area contributed by atoms with Crippen molar-refractivity contribution in [2.45, 2.75) is 47.0 Å². The van der Waals surface area contributed by atoms with Crippen molar-refractivity contribution in [2.24, 2.45) is 0 Å². The first kappa shape index (κ1) is 20.8. The van der Waals surface area contributed by atoms with Crippen LogP contribution in [-0.2, 0) is 14.3 Å². The number of hydrogen-bond donors (Lipinski definition) is 0. The first-order chi connectivity index (χ1) is 10.9. The number of unbranched alkanes of at least 4 members (excludes halogenated alkanes) is 1. The van der Waals surface area contributed by atoms with Gasteiger partial charge in [0.2, 0.25) is 5.78 Å². The Balaban J connectivity index is 5.75. The molecule has 0 aromatic rings. The molecule has 0 aliphatic heterocycles. The predicted octanol–water partition coefficient (Wildman–Crippen LogP) is 4.87. The number of rotatable bonds is 11. The standard InChI is InChI=1S/C20H28O3/c1-7-10-14-23-17(6)18(13-12-15(4)9-3)19(11-8-2)20(22)16(5)21/h8,11-13H,2,6-7,9-10,14H2,1,3-5H3. The highest BCUT2D eigenvalue weighted by molar-refractivity contribution is 6.44. The number of ketones is 2. The summed E-state index contributed by atoms with van der Waals surface area (Å²) in [7, 11) is 0. The van der Waals surface area contributed by atoms with Gasteiger partial charge >= 0.3 is 0 Å². The Morgan fingerprint density at radius 2 is 1.70 bits per heavy atom. The Bertz CT molecular complexity index is 545. The molecule has 3 heteroatoms. The fourth-order valence-electron chi connectivity index (χ4n) is 1.69. The molecule has 0 atom stereocenters. The number of carbonyl (C=O) groups excluding carboxylic acids is 2. The Labute approximate surface area is 140 Å². The first-order valence-corrected chi connectivity index (χ1v) is 7.96. The van der Waals surface area contributed by atoms with Crippen LogP contribution in [0.5, 0.6) is 0 Å². The zero-order valence-electron chi connectivity index (χ0n) is 14.8. The SMILES string of the molecule is C=CC=C(C(=O)C(C)=O)C(=CC=C(C)CC)C(=C)OCCCC. The van der Waals surface area contributed by atoms with Crippen molar-refractivity contribution in [3.8, 4) is 0 Å². The van der Waals surface area contributed by atoms with Crippen LogP contribution >= 0.6 is 0 Å². The molecule has 0 unspecified atom stereocenters. The van der Waals surface area contributed by atoms with Crippen LogP contribution < -0.4 is 0 Å². The minimum atomic E-state index is -0.570. The van der Waals surface area contributed by atoms with E-state index in [9.17, 15) is 9.59 Å². The van der Waals surface area contributed by atoms with Crippen molar-refractivity contribution < 1.29 is 14.3 Å². The molecule has 0 radical (unpaired) electrons. The van der Waals surface area contributed by atoms with Gasteiger partial charge in [0.1, 0.15) is 5.76 Å². The highest BCUT2D eigenvalue weighted by Gasteiger charge is 2.20. The molecular formula is C20H28O3. The van der Waals surface area contributed by atoms with E-state index in [2.05, 4.69) is 20.1 Å². The lowest BCUT2D eigenvalue weighted by molar-refractivity contribution is -0.132. The zero-order valence-corrected chi connectivity index (χ0v) is 14.8. The van der Waals surface area contributed by atoms with Gasteiger partial charge in [-0.3, -0.25) is 9.59 Å². The van der Waals surface area contributed by atoms with Crippen LogP contribution in [0.3, 0.4) is 0 Å². The van der Waals surface area contributed by atoms with Crippen LogP contribution in [0.4, 0.5) is 0 Å². The van der Waals surface area contributed by atoms with E-state index in [-0.39, 0.29) is 5.57 Å². The van der Waals surface area contributed by atoms with E-state index in [0.29, 0.717) is 17.9 Å². The van der Waals surface area contributed by atoms with Gasteiger partial charge in [-0.1, -0.05) is 63.3 Å². The van der Waals surface area contributed by atoms with Crippen molar-refractivity contribution >= 4 is 11.6 Å². The van der Waals surface area contributed by atoms with E-state index < -0.39 is 11.6 Å². The molecule has 0 heterocycles. The Kier molecular flexibility index (Phi) is 10.3. The Hall–Kier alpha value is -2.16. The number of ether oxygens (including phenoxy) is 1. The third-order valence-electron chi connectivity index (χ3n) is 3.31. The van der Waals surface area contributed by atoms with Gasteiger partial charge in [-0.15, -0.1) is 0 Å². The number of Topliss-reactive ketones (excluding diaryl/α,β-unsaturated/α-hetero) is 2. The highest BCUT2D eigenvalue weighted by atomic mass is 16.5. The molecular weight excluding hydrogens is 288 g/mol. The number of hydrogen-bond acceptors (Lipinski definition) is 3. The molecule has 0 aliphatic rings. The van der Waals surface area contributed by atoms with E-state index in [0.717, 1.165) is 24.8 Å². The summed E-state index contributed by atoms with van der Waals surface area (Å²) in [6.45, 7) is 15.4. The molecule has 0 saturated carbocycles. The summed E-state index contributed by atoms with van der Waals surface area (Å²) in [5.41, 5.74) is 1.93. The van der Waals surface area contributed by atoms with E-state index in [1.54, 1.807) is 6.08 Å². The average Bonchev–Trinajstić information content (AvgIpc) is 2.53. The minimum Gasteiger partial charge on any atom is -0.494 e. The number of allylic oxidation sites excluding steroid dienone is 6. The van der Waals surface area contributed by atoms with Gasteiger partial charge in [-0.2, -0.15) is 0 Å². The summed E-state index contributed by atoms with van der Waals surface area (Å²) >= 11 is 0. The predicted molar refractivity (Wildman–Crippen MR) is 96.1 cm³/mol. The zero-order chi connectivity index (χ0) is 17.8. The van der Waals surface area contributed by atoms with E-state index in [1.165, 1.54) is 19.1 Å². The summed E-state index contributed by atoms with van der Waals surface area (Å²) in [5, 5.41) is 0. The monoisotopic (exact) mass is 316 g/mol. The summed E-state index contributed by atoms with van der Waals surface area (Å²) in [6, 6.07) is 0. The molecule has 3 nitrogen and oxygen atoms in total. The molecule has 0 saturated heterocycles. The smallest absolute Gasteiger partial charge is 0.229 e. The first-order valence-electron chi connectivity index (χ1n) is 7.96. The van der Waals surface area contributed by atoms with Crippen LogP contribution in [0.2, 0.25) is 0 Å². The van der Waals surface area contributed by atoms with E-state index in [1.807, 2.05) is 19.9 Å². The molecule has 0 spiro atoms. The molecule has 126 valence electrons. The fraction of sp³-hybridized carbons (Fsp3) is 0.400. The Morgan fingerprint density at radius 1 is 1.04 bits per heavy atom. The second-order valence-electron chi connectivity index (χ2n) is 5.27. The summed E-state index contributed by atoms with van der Waals surface area (Å²) < 4.78 is 5.64.